The molecular formula is C15H27ClN4O2. The van der Waals surface area contributed by atoms with Crippen molar-refractivity contribution in [2.75, 3.05) is 6.54 Å². The Morgan fingerprint density at radius 3 is 2.73 bits per heavy atom. The monoisotopic (exact) mass is 330 g/mol. The smallest absolute Gasteiger partial charge is 0.226 e. The lowest BCUT2D eigenvalue weighted by Gasteiger charge is -2.28. The molecule has 0 aliphatic heterocycles. The number of carbonyl (C=O) groups excluding carboxylic acids is 1. The van der Waals surface area contributed by atoms with Gasteiger partial charge in [0.25, 0.3) is 0 Å². The highest BCUT2D eigenvalue weighted by Crippen LogP contribution is 2.28. The van der Waals surface area contributed by atoms with Crippen molar-refractivity contribution in [2.45, 2.75) is 70.3 Å². The summed E-state index contributed by atoms with van der Waals surface area (Å²) in [6.07, 6.45) is 8.00. The summed E-state index contributed by atoms with van der Waals surface area (Å²) in [5.74, 6) is 1.46. The summed E-state index contributed by atoms with van der Waals surface area (Å²) in [6, 6.07) is 0. The van der Waals surface area contributed by atoms with Crippen LogP contribution in [0, 0.1) is 0 Å². The first-order valence-electron chi connectivity index (χ1n) is 8.00. The average Bonchev–Trinajstić information content (AvgIpc) is 3.10. The lowest BCUT2D eigenvalue weighted by atomic mass is 9.97. The molecule has 2 rings (SSSR count). The Labute approximate surface area is 138 Å². The highest BCUT2D eigenvalue weighted by molar-refractivity contribution is 5.85. The van der Waals surface area contributed by atoms with Crippen LogP contribution < -0.4 is 11.1 Å². The summed E-state index contributed by atoms with van der Waals surface area (Å²) in [7, 11) is 0. The Kier molecular flexibility index (Phi) is 7.82. The van der Waals surface area contributed by atoms with Gasteiger partial charge < -0.3 is 15.6 Å². The minimum absolute atomic E-state index is 0. The maximum absolute atomic E-state index is 12.0. The van der Waals surface area contributed by atoms with Gasteiger partial charge in [0.2, 0.25) is 11.8 Å². The summed E-state index contributed by atoms with van der Waals surface area (Å²) in [6.45, 7) is 2.61. The lowest BCUT2D eigenvalue weighted by molar-refractivity contribution is -0.123. The van der Waals surface area contributed by atoms with Gasteiger partial charge in [0.15, 0.2) is 5.82 Å². The molecule has 0 atom stereocenters. The number of nitrogens with zero attached hydrogens (tertiary/aromatic N) is 2. The van der Waals surface area contributed by atoms with Crippen molar-refractivity contribution < 1.29 is 9.32 Å². The summed E-state index contributed by atoms with van der Waals surface area (Å²) >= 11 is 0. The number of rotatable bonds is 8. The second kappa shape index (κ2) is 9.10. The van der Waals surface area contributed by atoms with Crippen LogP contribution in [0.5, 0.6) is 0 Å². The molecule has 1 aromatic rings. The Balaban J connectivity index is 0.00000242. The van der Waals surface area contributed by atoms with Crippen molar-refractivity contribution >= 4 is 18.3 Å². The van der Waals surface area contributed by atoms with Gasteiger partial charge in [-0.05, 0) is 25.7 Å². The largest absolute Gasteiger partial charge is 0.349 e. The zero-order valence-electron chi connectivity index (χ0n) is 13.3. The summed E-state index contributed by atoms with van der Waals surface area (Å²) in [5.41, 5.74) is 5.66. The van der Waals surface area contributed by atoms with Gasteiger partial charge in [0.1, 0.15) is 0 Å². The fourth-order valence-electron chi connectivity index (χ4n) is 2.91. The molecule has 1 amide bonds. The third-order valence-corrected chi connectivity index (χ3v) is 4.13. The molecule has 3 N–H and O–H groups in total. The van der Waals surface area contributed by atoms with Crippen molar-refractivity contribution in [1.29, 1.82) is 0 Å². The molecule has 7 heteroatoms. The number of nitrogens with one attached hydrogen (secondary N) is 1. The average molecular weight is 331 g/mol. The summed E-state index contributed by atoms with van der Waals surface area (Å²) in [4.78, 5) is 16.3. The van der Waals surface area contributed by atoms with Crippen LogP contribution in [0.1, 0.15) is 63.6 Å². The van der Waals surface area contributed by atoms with E-state index in [9.17, 15) is 4.79 Å². The topological polar surface area (TPSA) is 94.0 Å². The number of halogens is 1. The van der Waals surface area contributed by atoms with Crippen molar-refractivity contribution in [3.8, 4) is 0 Å². The van der Waals surface area contributed by atoms with E-state index in [0.29, 0.717) is 25.3 Å². The van der Waals surface area contributed by atoms with Gasteiger partial charge in [-0.15, -0.1) is 12.4 Å². The quantitative estimate of drug-likeness (QED) is 0.761. The number of aryl methyl sites for hydroxylation is 2. The Morgan fingerprint density at radius 2 is 2.09 bits per heavy atom. The standard InChI is InChI=1S/C15H26N4O2.ClH/c1-2-6-12-17-14(21-19-12)8-5-7-13(20)18-15(11-16)9-3-4-10-15;/h2-11,16H2,1H3,(H,18,20);1H. The number of aromatic nitrogens is 2. The highest BCUT2D eigenvalue weighted by Gasteiger charge is 2.33. The fourth-order valence-corrected chi connectivity index (χ4v) is 2.91. The van der Waals surface area contributed by atoms with Crippen LogP contribution in [0.4, 0.5) is 0 Å². The van der Waals surface area contributed by atoms with Gasteiger partial charge in [-0.1, -0.05) is 24.9 Å². The molecule has 6 nitrogen and oxygen atoms in total. The Hall–Kier alpha value is -1.14. The van der Waals surface area contributed by atoms with Crippen molar-refractivity contribution in [2.24, 2.45) is 5.73 Å². The first kappa shape index (κ1) is 18.9. The van der Waals surface area contributed by atoms with Crippen LogP contribution in [0.2, 0.25) is 0 Å². The lowest BCUT2D eigenvalue weighted by Crippen LogP contribution is -2.51. The molecule has 0 spiro atoms. The van der Waals surface area contributed by atoms with Gasteiger partial charge in [-0.25, -0.2) is 0 Å². The van der Waals surface area contributed by atoms with E-state index in [0.717, 1.165) is 50.8 Å². The molecule has 1 saturated carbocycles. The zero-order valence-corrected chi connectivity index (χ0v) is 14.1. The number of carbonyl (C=O) groups is 1. The third kappa shape index (κ3) is 5.25. The molecule has 0 bridgehead atoms. The first-order chi connectivity index (χ1) is 10.2. The maximum Gasteiger partial charge on any atom is 0.226 e. The van der Waals surface area contributed by atoms with Crippen LogP contribution in [-0.2, 0) is 17.6 Å². The van der Waals surface area contributed by atoms with E-state index in [-0.39, 0.29) is 23.9 Å². The first-order valence-corrected chi connectivity index (χ1v) is 8.00. The molecule has 1 aromatic heterocycles. The van der Waals surface area contributed by atoms with Crippen LogP contribution in [0.3, 0.4) is 0 Å². The van der Waals surface area contributed by atoms with Crippen molar-refractivity contribution in [3.05, 3.63) is 11.7 Å². The highest BCUT2D eigenvalue weighted by atomic mass is 35.5. The third-order valence-electron chi connectivity index (χ3n) is 4.13. The van der Waals surface area contributed by atoms with Gasteiger partial charge in [-0.2, -0.15) is 4.98 Å². The number of nitrogens with two attached hydrogens (primary N) is 1. The minimum atomic E-state index is -0.157. The maximum atomic E-state index is 12.0. The molecule has 1 aliphatic carbocycles. The molecule has 1 fully saturated rings. The second-order valence-electron chi connectivity index (χ2n) is 5.95. The molecule has 1 aliphatic rings. The molecule has 0 aromatic carbocycles. The summed E-state index contributed by atoms with van der Waals surface area (Å²) in [5, 5.41) is 7.03. The van der Waals surface area contributed by atoms with Gasteiger partial charge >= 0.3 is 0 Å². The van der Waals surface area contributed by atoms with Crippen LogP contribution in [-0.4, -0.2) is 28.1 Å². The predicted molar refractivity (Wildman–Crippen MR) is 86.9 cm³/mol. The van der Waals surface area contributed by atoms with Gasteiger partial charge in [-0.3, -0.25) is 4.79 Å². The Morgan fingerprint density at radius 1 is 1.36 bits per heavy atom. The van der Waals surface area contributed by atoms with E-state index >= 15 is 0 Å². The minimum Gasteiger partial charge on any atom is -0.349 e. The molecule has 0 unspecified atom stereocenters. The number of hydrogen-bond donors (Lipinski definition) is 2. The molecule has 0 radical (unpaired) electrons. The van der Waals surface area contributed by atoms with E-state index in [1.807, 2.05) is 0 Å². The Bertz CT molecular complexity index is 458. The van der Waals surface area contributed by atoms with Crippen LogP contribution in [0.25, 0.3) is 0 Å². The number of amides is 1. The fraction of sp³-hybridized carbons (Fsp3) is 0.800. The van der Waals surface area contributed by atoms with E-state index in [4.69, 9.17) is 10.3 Å². The predicted octanol–water partition coefficient (Wildman–Crippen LogP) is 2.15. The van der Waals surface area contributed by atoms with Crippen LogP contribution >= 0.6 is 12.4 Å². The van der Waals surface area contributed by atoms with Gasteiger partial charge in [0.05, 0.1) is 5.54 Å². The molecular weight excluding hydrogens is 304 g/mol. The molecule has 22 heavy (non-hydrogen) atoms. The van der Waals surface area contributed by atoms with Crippen molar-refractivity contribution in [3.63, 3.8) is 0 Å². The zero-order chi connectivity index (χ0) is 15.1. The second-order valence-corrected chi connectivity index (χ2v) is 5.95. The summed E-state index contributed by atoms with van der Waals surface area (Å²) < 4.78 is 5.16. The van der Waals surface area contributed by atoms with E-state index in [1.165, 1.54) is 0 Å². The normalized spacial score (nSPS) is 16.3. The van der Waals surface area contributed by atoms with Gasteiger partial charge in [0, 0.05) is 25.8 Å². The van der Waals surface area contributed by atoms with E-state index in [2.05, 4.69) is 22.4 Å². The molecule has 0 saturated heterocycles. The molecule has 1 heterocycles. The van der Waals surface area contributed by atoms with E-state index in [1.54, 1.807) is 0 Å². The van der Waals surface area contributed by atoms with E-state index < -0.39 is 0 Å². The van der Waals surface area contributed by atoms with Crippen molar-refractivity contribution in [1.82, 2.24) is 15.5 Å². The molecule has 126 valence electrons. The number of hydrogen-bond acceptors (Lipinski definition) is 5. The SMILES string of the molecule is CCCc1noc(CCCC(=O)NC2(CN)CCCC2)n1.Cl. The van der Waals surface area contributed by atoms with Crippen LogP contribution in [0.15, 0.2) is 4.52 Å².